The Morgan fingerprint density at radius 2 is 2.11 bits per heavy atom. The number of aliphatic imine (C=N–C) groups is 1. The minimum absolute atomic E-state index is 0. The van der Waals surface area contributed by atoms with E-state index in [9.17, 15) is 0 Å². The van der Waals surface area contributed by atoms with E-state index in [1.165, 1.54) is 5.56 Å². The average Bonchev–Trinajstić information content (AvgIpc) is 2.37. The minimum atomic E-state index is 0. The first kappa shape index (κ1) is 18.6. The summed E-state index contributed by atoms with van der Waals surface area (Å²) in [4.78, 5) is 4.38. The maximum atomic E-state index is 5.89. The molecule has 0 unspecified atom stereocenters. The van der Waals surface area contributed by atoms with Crippen LogP contribution in [0.3, 0.4) is 0 Å². The molecule has 0 aliphatic carbocycles. The second kappa shape index (κ2) is 8.68. The van der Waals surface area contributed by atoms with Crippen molar-refractivity contribution in [2.45, 2.75) is 31.9 Å². The van der Waals surface area contributed by atoms with Crippen LogP contribution < -0.4 is 11.1 Å². The van der Waals surface area contributed by atoms with E-state index in [0.29, 0.717) is 12.5 Å². The molecular formula is C14H24IN3S. The summed E-state index contributed by atoms with van der Waals surface area (Å²) in [5, 5.41) is 3.13. The summed E-state index contributed by atoms with van der Waals surface area (Å²) >= 11 is 1.79. The van der Waals surface area contributed by atoms with Gasteiger partial charge in [0.15, 0.2) is 5.96 Å². The van der Waals surface area contributed by atoms with Gasteiger partial charge < -0.3 is 11.1 Å². The van der Waals surface area contributed by atoms with Crippen molar-refractivity contribution in [3.63, 3.8) is 0 Å². The molecule has 3 nitrogen and oxygen atoms in total. The molecule has 0 saturated carbocycles. The van der Waals surface area contributed by atoms with Gasteiger partial charge in [0.1, 0.15) is 0 Å². The number of nitrogens with zero attached hydrogens (tertiary/aromatic N) is 1. The van der Waals surface area contributed by atoms with E-state index < -0.39 is 0 Å². The summed E-state index contributed by atoms with van der Waals surface area (Å²) in [7, 11) is 0. The Bertz CT molecular complexity index is 419. The summed E-state index contributed by atoms with van der Waals surface area (Å²) < 4.78 is 0.123. The first-order valence-corrected chi connectivity index (χ1v) is 7.40. The van der Waals surface area contributed by atoms with Crippen molar-refractivity contribution in [2.75, 3.05) is 18.1 Å². The van der Waals surface area contributed by atoms with E-state index in [2.05, 4.69) is 49.5 Å². The highest BCUT2D eigenvalue weighted by Gasteiger charge is 2.14. The molecule has 0 radical (unpaired) electrons. The van der Waals surface area contributed by atoms with E-state index >= 15 is 0 Å². The van der Waals surface area contributed by atoms with Gasteiger partial charge in [-0.15, -0.1) is 24.0 Å². The van der Waals surface area contributed by atoms with Crippen LogP contribution in [0, 0.1) is 0 Å². The molecule has 1 aromatic rings. The minimum Gasteiger partial charge on any atom is -0.370 e. The van der Waals surface area contributed by atoms with E-state index in [-0.39, 0.29) is 28.7 Å². The fraction of sp³-hybridized carbons (Fsp3) is 0.500. The van der Waals surface area contributed by atoms with Crippen molar-refractivity contribution in [1.29, 1.82) is 0 Å². The Morgan fingerprint density at radius 1 is 1.42 bits per heavy atom. The van der Waals surface area contributed by atoms with Crippen LogP contribution in [0.15, 0.2) is 29.3 Å². The Kier molecular flexibility index (Phi) is 8.49. The third-order valence-electron chi connectivity index (χ3n) is 2.79. The second-order valence-electron chi connectivity index (χ2n) is 4.84. The largest absolute Gasteiger partial charge is 0.370 e. The number of rotatable bonds is 5. The Morgan fingerprint density at radius 3 is 2.68 bits per heavy atom. The normalized spacial score (nSPS) is 11.9. The van der Waals surface area contributed by atoms with Crippen LogP contribution in [0.4, 0.5) is 5.69 Å². The van der Waals surface area contributed by atoms with Gasteiger partial charge in [0, 0.05) is 10.4 Å². The SMILES string of the molecule is CCc1cccc(NC(N)=NCC(C)(C)SC)c1.I. The second-order valence-corrected chi connectivity index (χ2v) is 6.36. The van der Waals surface area contributed by atoms with Crippen LogP contribution in [0.25, 0.3) is 0 Å². The quantitative estimate of drug-likeness (QED) is 0.455. The highest BCUT2D eigenvalue weighted by molar-refractivity contribution is 14.0. The number of hydrogen-bond donors (Lipinski definition) is 2. The summed E-state index contributed by atoms with van der Waals surface area (Å²) in [6, 6.07) is 8.24. The van der Waals surface area contributed by atoms with Gasteiger partial charge in [0.25, 0.3) is 0 Å². The van der Waals surface area contributed by atoms with Crippen molar-refractivity contribution in [2.24, 2.45) is 10.7 Å². The van der Waals surface area contributed by atoms with Crippen molar-refractivity contribution in [3.05, 3.63) is 29.8 Å². The zero-order valence-electron chi connectivity index (χ0n) is 12.1. The van der Waals surface area contributed by atoms with Crippen LogP contribution in [-0.4, -0.2) is 23.5 Å². The number of guanidine groups is 1. The van der Waals surface area contributed by atoms with E-state index in [1.807, 2.05) is 12.1 Å². The summed E-state index contributed by atoms with van der Waals surface area (Å²) in [6.45, 7) is 7.16. The topological polar surface area (TPSA) is 50.4 Å². The van der Waals surface area contributed by atoms with Crippen LogP contribution in [-0.2, 0) is 6.42 Å². The molecular weight excluding hydrogens is 369 g/mol. The third-order valence-corrected chi connectivity index (χ3v) is 4.02. The van der Waals surface area contributed by atoms with Gasteiger partial charge >= 0.3 is 0 Å². The van der Waals surface area contributed by atoms with Gasteiger partial charge in [0.2, 0.25) is 0 Å². The molecule has 3 N–H and O–H groups in total. The van der Waals surface area contributed by atoms with Crippen molar-refractivity contribution >= 4 is 47.4 Å². The molecule has 1 aromatic carbocycles. The number of benzene rings is 1. The fourth-order valence-electron chi connectivity index (χ4n) is 1.40. The predicted molar refractivity (Wildman–Crippen MR) is 98.9 cm³/mol. The Balaban J connectivity index is 0.00000324. The molecule has 1 rings (SSSR count). The lowest BCUT2D eigenvalue weighted by Crippen LogP contribution is -2.27. The van der Waals surface area contributed by atoms with Crippen LogP contribution in [0.2, 0.25) is 0 Å². The smallest absolute Gasteiger partial charge is 0.193 e. The average molecular weight is 393 g/mol. The number of hydrogen-bond acceptors (Lipinski definition) is 2. The van der Waals surface area contributed by atoms with E-state index in [1.54, 1.807) is 11.8 Å². The number of nitrogens with one attached hydrogen (secondary N) is 1. The highest BCUT2D eigenvalue weighted by Crippen LogP contribution is 2.21. The van der Waals surface area contributed by atoms with Crippen molar-refractivity contribution in [1.82, 2.24) is 0 Å². The molecule has 0 saturated heterocycles. The number of nitrogens with two attached hydrogens (primary N) is 1. The monoisotopic (exact) mass is 393 g/mol. The first-order chi connectivity index (χ1) is 8.46. The summed E-state index contributed by atoms with van der Waals surface area (Å²) in [5.74, 6) is 0.477. The molecule has 0 aliphatic rings. The van der Waals surface area contributed by atoms with Crippen LogP contribution in [0.1, 0.15) is 26.3 Å². The number of halogens is 1. The molecule has 0 aliphatic heterocycles. The van der Waals surface area contributed by atoms with Gasteiger partial charge in [-0.3, -0.25) is 4.99 Å². The summed E-state index contributed by atoms with van der Waals surface area (Å²) in [5.41, 5.74) is 8.18. The van der Waals surface area contributed by atoms with Crippen molar-refractivity contribution in [3.8, 4) is 0 Å². The van der Waals surface area contributed by atoms with Gasteiger partial charge in [-0.05, 0) is 44.2 Å². The number of aryl methyl sites for hydroxylation is 1. The van der Waals surface area contributed by atoms with E-state index in [0.717, 1.165) is 12.1 Å². The van der Waals surface area contributed by atoms with Crippen molar-refractivity contribution < 1.29 is 0 Å². The molecule has 0 bridgehead atoms. The Labute approximate surface area is 137 Å². The molecule has 19 heavy (non-hydrogen) atoms. The molecule has 0 atom stereocenters. The summed E-state index contributed by atoms with van der Waals surface area (Å²) in [6.07, 6.45) is 3.11. The molecule has 5 heteroatoms. The molecule has 0 spiro atoms. The van der Waals surface area contributed by atoms with Gasteiger partial charge in [-0.2, -0.15) is 11.8 Å². The van der Waals surface area contributed by atoms with Gasteiger partial charge in [0.05, 0.1) is 6.54 Å². The Hall–Kier alpha value is -0.430. The molecule has 0 heterocycles. The molecule has 108 valence electrons. The van der Waals surface area contributed by atoms with E-state index in [4.69, 9.17) is 5.73 Å². The third kappa shape index (κ3) is 7.06. The zero-order valence-corrected chi connectivity index (χ0v) is 15.2. The van der Waals surface area contributed by atoms with Gasteiger partial charge in [-0.1, -0.05) is 19.1 Å². The van der Waals surface area contributed by atoms with Crippen LogP contribution in [0.5, 0.6) is 0 Å². The highest BCUT2D eigenvalue weighted by atomic mass is 127. The zero-order chi connectivity index (χ0) is 13.6. The molecule has 0 aromatic heterocycles. The predicted octanol–water partition coefficient (Wildman–Crippen LogP) is 3.74. The maximum absolute atomic E-state index is 5.89. The van der Waals surface area contributed by atoms with Crippen LogP contribution >= 0.6 is 35.7 Å². The number of anilines is 1. The first-order valence-electron chi connectivity index (χ1n) is 6.18. The maximum Gasteiger partial charge on any atom is 0.193 e. The number of thioether (sulfide) groups is 1. The van der Waals surface area contributed by atoms with Gasteiger partial charge in [-0.25, -0.2) is 0 Å². The molecule has 0 amide bonds. The lowest BCUT2D eigenvalue weighted by molar-refractivity contribution is 0.726. The lowest BCUT2D eigenvalue weighted by atomic mass is 10.1. The lowest BCUT2D eigenvalue weighted by Gasteiger charge is -2.19. The molecule has 0 fully saturated rings. The fourth-order valence-corrected chi connectivity index (χ4v) is 1.59. The standard InChI is InChI=1S/C14H23N3S.HI/c1-5-11-7-6-8-12(9-11)17-13(15)16-10-14(2,3)18-4;/h6-9H,5,10H2,1-4H3,(H3,15,16,17);1H.